The second-order valence-electron chi connectivity index (χ2n) is 3.00. The van der Waals surface area contributed by atoms with E-state index in [9.17, 15) is 0 Å². The van der Waals surface area contributed by atoms with Gasteiger partial charge in [0, 0.05) is 9.86 Å². The Bertz CT molecular complexity index is 460. The fourth-order valence-corrected chi connectivity index (χ4v) is 1.67. The van der Waals surface area contributed by atoms with Gasteiger partial charge in [-0.3, -0.25) is 4.98 Å². The number of nitrogens with two attached hydrogens (primary N) is 1. The summed E-state index contributed by atoms with van der Waals surface area (Å²) in [5.74, 6) is 0. The lowest BCUT2D eigenvalue weighted by Crippen LogP contribution is -1.92. The standard InChI is InChI=1S/C10H9BrN2/c1-6-8-4-7(11)2-3-10(8)13-5-9(6)12/h2-5H,12H2,1H3. The highest BCUT2D eigenvalue weighted by molar-refractivity contribution is 9.10. The molecule has 0 fully saturated rings. The van der Waals surface area contributed by atoms with E-state index >= 15 is 0 Å². The summed E-state index contributed by atoms with van der Waals surface area (Å²) in [7, 11) is 0. The van der Waals surface area contributed by atoms with Crippen LogP contribution in [0.4, 0.5) is 5.69 Å². The maximum Gasteiger partial charge on any atom is 0.0707 e. The van der Waals surface area contributed by atoms with Gasteiger partial charge < -0.3 is 5.73 Å². The van der Waals surface area contributed by atoms with Gasteiger partial charge in [-0.2, -0.15) is 0 Å². The van der Waals surface area contributed by atoms with Gasteiger partial charge in [0.05, 0.1) is 17.4 Å². The zero-order valence-corrected chi connectivity index (χ0v) is 8.80. The average Bonchev–Trinajstić information content (AvgIpc) is 2.12. The molecule has 2 nitrogen and oxygen atoms in total. The predicted octanol–water partition coefficient (Wildman–Crippen LogP) is 2.89. The van der Waals surface area contributed by atoms with Crippen molar-refractivity contribution >= 4 is 32.5 Å². The molecule has 2 aromatic rings. The molecule has 13 heavy (non-hydrogen) atoms. The fourth-order valence-electron chi connectivity index (χ4n) is 1.31. The van der Waals surface area contributed by atoms with E-state index in [-0.39, 0.29) is 0 Å². The highest BCUT2D eigenvalue weighted by Gasteiger charge is 2.01. The molecule has 0 saturated carbocycles. The molecule has 0 amide bonds. The van der Waals surface area contributed by atoms with E-state index in [1.54, 1.807) is 6.20 Å². The van der Waals surface area contributed by atoms with E-state index in [0.717, 1.165) is 26.6 Å². The van der Waals surface area contributed by atoms with Gasteiger partial charge in [0.1, 0.15) is 0 Å². The first-order valence-electron chi connectivity index (χ1n) is 3.99. The molecule has 0 aliphatic heterocycles. The molecule has 0 saturated heterocycles. The Morgan fingerprint density at radius 2 is 2.15 bits per heavy atom. The Balaban J connectivity index is 2.89. The number of hydrogen-bond acceptors (Lipinski definition) is 2. The molecule has 3 heteroatoms. The molecule has 0 unspecified atom stereocenters. The number of aromatic nitrogens is 1. The number of nitrogen functional groups attached to an aromatic ring is 1. The highest BCUT2D eigenvalue weighted by atomic mass is 79.9. The Hall–Kier alpha value is -1.09. The minimum atomic E-state index is 0.741. The number of rotatable bonds is 0. The van der Waals surface area contributed by atoms with Crippen molar-refractivity contribution in [2.24, 2.45) is 0 Å². The summed E-state index contributed by atoms with van der Waals surface area (Å²) in [5, 5.41) is 1.11. The minimum Gasteiger partial charge on any atom is -0.397 e. The van der Waals surface area contributed by atoms with E-state index in [1.807, 2.05) is 25.1 Å². The molecule has 1 aromatic heterocycles. The molecule has 2 rings (SSSR count). The van der Waals surface area contributed by atoms with Crippen LogP contribution in [-0.2, 0) is 0 Å². The Labute approximate surface area is 84.9 Å². The molecule has 1 heterocycles. The van der Waals surface area contributed by atoms with Crippen LogP contribution in [0.15, 0.2) is 28.9 Å². The number of pyridine rings is 1. The molecule has 2 N–H and O–H groups in total. The van der Waals surface area contributed by atoms with Crippen molar-refractivity contribution in [2.75, 3.05) is 5.73 Å². The maximum absolute atomic E-state index is 5.76. The van der Waals surface area contributed by atoms with Crippen LogP contribution in [0.1, 0.15) is 5.56 Å². The van der Waals surface area contributed by atoms with Gasteiger partial charge in [-0.15, -0.1) is 0 Å². The third-order valence-corrected chi connectivity index (χ3v) is 2.63. The summed E-state index contributed by atoms with van der Waals surface area (Å²) < 4.78 is 1.05. The molecule has 0 radical (unpaired) electrons. The maximum atomic E-state index is 5.76. The van der Waals surface area contributed by atoms with Gasteiger partial charge in [0.15, 0.2) is 0 Å². The Kier molecular flexibility index (Phi) is 1.96. The molecular weight excluding hydrogens is 228 g/mol. The minimum absolute atomic E-state index is 0.741. The van der Waals surface area contributed by atoms with Crippen LogP contribution >= 0.6 is 15.9 Å². The second-order valence-corrected chi connectivity index (χ2v) is 3.92. The number of aryl methyl sites for hydroxylation is 1. The van der Waals surface area contributed by atoms with Gasteiger partial charge in [-0.05, 0) is 30.7 Å². The number of benzene rings is 1. The molecule has 0 aliphatic carbocycles. The van der Waals surface area contributed by atoms with E-state index in [2.05, 4.69) is 20.9 Å². The summed E-state index contributed by atoms with van der Waals surface area (Å²) in [5.41, 5.74) is 8.57. The second kappa shape index (κ2) is 3.00. The summed E-state index contributed by atoms with van der Waals surface area (Å²) in [6, 6.07) is 5.99. The quantitative estimate of drug-likeness (QED) is 0.765. The van der Waals surface area contributed by atoms with Crippen molar-refractivity contribution in [3.63, 3.8) is 0 Å². The SMILES string of the molecule is Cc1c(N)cnc2ccc(Br)cc12. The Morgan fingerprint density at radius 1 is 1.38 bits per heavy atom. The van der Waals surface area contributed by atoms with Crippen molar-refractivity contribution in [3.8, 4) is 0 Å². The van der Waals surface area contributed by atoms with E-state index in [1.165, 1.54) is 0 Å². The van der Waals surface area contributed by atoms with Gasteiger partial charge >= 0.3 is 0 Å². The van der Waals surface area contributed by atoms with Crippen LogP contribution < -0.4 is 5.73 Å². The van der Waals surface area contributed by atoms with E-state index < -0.39 is 0 Å². The fraction of sp³-hybridized carbons (Fsp3) is 0.100. The summed E-state index contributed by atoms with van der Waals surface area (Å²) >= 11 is 3.42. The number of hydrogen-bond donors (Lipinski definition) is 1. The van der Waals surface area contributed by atoms with Crippen molar-refractivity contribution in [1.29, 1.82) is 0 Å². The number of nitrogens with zero attached hydrogens (tertiary/aromatic N) is 1. The molecule has 0 spiro atoms. The molecule has 0 bridgehead atoms. The van der Waals surface area contributed by atoms with Crippen molar-refractivity contribution in [2.45, 2.75) is 6.92 Å². The third-order valence-electron chi connectivity index (χ3n) is 2.14. The topological polar surface area (TPSA) is 38.9 Å². The van der Waals surface area contributed by atoms with Crippen molar-refractivity contribution < 1.29 is 0 Å². The van der Waals surface area contributed by atoms with Gasteiger partial charge in [0.2, 0.25) is 0 Å². The zero-order valence-electron chi connectivity index (χ0n) is 7.21. The van der Waals surface area contributed by atoms with Crippen LogP contribution in [0.5, 0.6) is 0 Å². The third kappa shape index (κ3) is 1.40. The predicted molar refractivity (Wildman–Crippen MR) is 58.6 cm³/mol. The lowest BCUT2D eigenvalue weighted by atomic mass is 10.1. The summed E-state index contributed by atoms with van der Waals surface area (Å²) in [4.78, 5) is 4.24. The van der Waals surface area contributed by atoms with Crippen LogP contribution in [0.2, 0.25) is 0 Å². The lowest BCUT2D eigenvalue weighted by molar-refractivity contribution is 1.37. The van der Waals surface area contributed by atoms with Crippen LogP contribution in [0.25, 0.3) is 10.9 Å². The average molecular weight is 237 g/mol. The van der Waals surface area contributed by atoms with Gasteiger partial charge in [-0.1, -0.05) is 15.9 Å². The first-order chi connectivity index (χ1) is 6.18. The molecule has 0 aliphatic rings. The number of fused-ring (bicyclic) bond motifs is 1. The molecular formula is C10H9BrN2. The first-order valence-corrected chi connectivity index (χ1v) is 4.78. The van der Waals surface area contributed by atoms with Gasteiger partial charge in [-0.25, -0.2) is 0 Å². The monoisotopic (exact) mass is 236 g/mol. The lowest BCUT2D eigenvalue weighted by Gasteiger charge is -2.04. The van der Waals surface area contributed by atoms with Gasteiger partial charge in [0.25, 0.3) is 0 Å². The van der Waals surface area contributed by atoms with Crippen LogP contribution in [0, 0.1) is 6.92 Å². The smallest absolute Gasteiger partial charge is 0.0707 e. The van der Waals surface area contributed by atoms with E-state index in [4.69, 9.17) is 5.73 Å². The molecule has 66 valence electrons. The first kappa shape index (κ1) is 8.51. The summed E-state index contributed by atoms with van der Waals surface area (Å²) in [6.07, 6.45) is 1.70. The largest absolute Gasteiger partial charge is 0.397 e. The van der Waals surface area contributed by atoms with Crippen molar-refractivity contribution in [1.82, 2.24) is 4.98 Å². The molecule has 0 atom stereocenters. The van der Waals surface area contributed by atoms with E-state index in [0.29, 0.717) is 0 Å². The normalized spacial score (nSPS) is 10.6. The number of anilines is 1. The van der Waals surface area contributed by atoms with Crippen LogP contribution in [0.3, 0.4) is 0 Å². The zero-order chi connectivity index (χ0) is 9.42. The number of halogens is 1. The van der Waals surface area contributed by atoms with Crippen LogP contribution in [-0.4, -0.2) is 4.98 Å². The highest BCUT2D eigenvalue weighted by Crippen LogP contribution is 2.24. The summed E-state index contributed by atoms with van der Waals surface area (Å²) in [6.45, 7) is 2.01. The van der Waals surface area contributed by atoms with Crippen molar-refractivity contribution in [3.05, 3.63) is 34.4 Å². The molecule has 1 aromatic carbocycles. The Morgan fingerprint density at radius 3 is 2.92 bits per heavy atom.